The highest BCUT2D eigenvalue weighted by atomic mass is 16.7. The van der Waals surface area contributed by atoms with E-state index in [-0.39, 0.29) is 12.3 Å². The first-order valence-corrected chi connectivity index (χ1v) is 4.55. The van der Waals surface area contributed by atoms with Gasteiger partial charge in [0.1, 0.15) is 0 Å². The molecule has 1 amide bonds. The zero-order valence-electron chi connectivity index (χ0n) is 8.36. The Kier molecular flexibility index (Phi) is 3.27. The van der Waals surface area contributed by atoms with E-state index in [9.17, 15) is 9.90 Å². The smallest absolute Gasteiger partial charge is 0.248 e. The molecule has 1 saturated carbocycles. The maximum atomic E-state index is 11.3. The topological polar surface area (TPSA) is 49.8 Å². The molecule has 0 radical (unpaired) electrons. The molecule has 1 N–H and O–H groups in total. The third-order valence-electron chi connectivity index (χ3n) is 2.67. The quantitative estimate of drug-likeness (QED) is 0.649. The van der Waals surface area contributed by atoms with Crippen LogP contribution in [-0.4, -0.2) is 36.3 Å². The van der Waals surface area contributed by atoms with Crippen LogP contribution in [-0.2, 0) is 9.63 Å². The Hall–Kier alpha value is -0.610. The summed E-state index contributed by atoms with van der Waals surface area (Å²) in [4.78, 5) is 16.0. The molecule has 13 heavy (non-hydrogen) atoms. The number of amides is 1. The maximum absolute atomic E-state index is 11.3. The average Bonchev–Trinajstić information content (AvgIpc) is 2.81. The summed E-state index contributed by atoms with van der Waals surface area (Å²) in [5.41, 5.74) is 0. The SMILES string of the molecule is CON(C)C(=O)C[C@@H](O)[C@@H]1C[C@H]1C. The summed E-state index contributed by atoms with van der Waals surface area (Å²) in [5, 5.41) is 10.7. The van der Waals surface area contributed by atoms with E-state index in [0.717, 1.165) is 11.5 Å². The Morgan fingerprint density at radius 1 is 1.77 bits per heavy atom. The first-order valence-electron chi connectivity index (χ1n) is 4.55. The predicted octanol–water partition coefficient (Wildman–Crippen LogP) is 0.413. The summed E-state index contributed by atoms with van der Waals surface area (Å²) in [6.07, 6.45) is 0.699. The Bertz CT molecular complexity index is 195. The Morgan fingerprint density at radius 2 is 2.31 bits per heavy atom. The van der Waals surface area contributed by atoms with Gasteiger partial charge in [-0.2, -0.15) is 0 Å². The van der Waals surface area contributed by atoms with Crippen LogP contribution in [0.1, 0.15) is 19.8 Å². The second-order valence-corrected chi connectivity index (χ2v) is 3.72. The van der Waals surface area contributed by atoms with Crippen LogP contribution < -0.4 is 0 Å². The van der Waals surface area contributed by atoms with Crippen LogP contribution in [0.2, 0.25) is 0 Å². The van der Waals surface area contributed by atoms with Crippen molar-refractivity contribution >= 4 is 5.91 Å². The molecule has 3 atom stereocenters. The number of nitrogens with zero attached hydrogens (tertiary/aromatic N) is 1. The molecular formula is C9H17NO3. The molecule has 0 saturated heterocycles. The second kappa shape index (κ2) is 4.07. The number of hydroxylamine groups is 2. The van der Waals surface area contributed by atoms with E-state index in [1.165, 1.54) is 7.11 Å². The van der Waals surface area contributed by atoms with Crippen LogP contribution in [0.3, 0.4) is 0 Å². The molecule has 0 unspecified atom stereocenters. The number of rotatable bonds is 4. The maximum Gasteiger partial charge on any atom is 0.248 e. The summed E-state index contributed by atoms with van der Waals surface area (Å²) in [5.74, 6) is 0.707. The van der Waals surface area contributed by atoms with Gasteiger partial charge in [-0.1, -0.05) is 6.92 Å². The monoisotopic (exact) mass is 187 g/mol. The summed E-state index contributed by atoms with van der Waals surface area (Å²) < 4.78 is 0. The third kappa shape index (κ3) is 2.67. The fourth-order valence-electron chi connectivity index (χ4n) is 1.45. The molecule has 0 aromatic rings. The van der Waals surface area contributed by atoms with Crippen molar-refractivity contribution in [1.29, 1.82) is 0 Å². The Labute approximate surface area is 78.4 Å². The van der Waals surface area contributed by atoms with E-state index in [1.807, 2.05) is 0 Å². The molecule has 0 spiro atoms. The van der Waals surface area contributed by atoms with Crippen molar-refractivity contribution in [3.05, 3.63) is 0 Å². The zero-order chi connectivity index (χ0) is 10.0. The molecule has 1 aliphatic carbocycles. The fourth-order valence-corrected chi connectivity index (χ4v) is 1.45. The minimum absolute atomic E-state index is 0.166. The summed E-state index contributed by atoms with van der Waals surface area (Å²) in [6, 6.07) is 0. The van der Waals surface area contributed by atoms with Crippen molar-refractivity contribution in [2.75, 3.05) is 14.2 Å². The second-order valence-electron chi connectivity index (χ2n) is 3.72. The lowest BCUT2D eigenvalue weighted by molar-refractivity contribution is -0.170. The fraction of sp³-hybridized carbons (Fsp3) is 0.889. The van der Waals surface area contributed by atoms with E-state index in [0.29, 0.717) is 11.8 Å². The average molecular weight is 187 g/mol. The molecule has 4 heteroatoms. The first-order chi connectivity index (χ1) is 6.06. The molecule has 4 nitrogen and oxygen atoms in total. The van der Waals surface area contributed by atoms with Gasteiger partial charge < -0.3 is 5.11 Å². The van der Waals surface area contributed by atoms with Gasteiger partial charge in [-0.15, -0.1) is 0 Å². The highest BCUT2D eigenvalue weighted by Gasteiger charge is 2.39. The van der Waals surface area contributed by atoms with Gasteiger partial charge >= 0.3 is 0 Å². The van der Waals surface area contributed by atoms with Crippen molar-refractivity contribution < 1.29 is 14.7 Å². The molecule has 76 valence electrons. The first kappa shape index (κ1) is 10.5. The van der Waals surface area contributed by atoms with Crippen LogP contribution in [0, 0.1) is 11.8 Å². The van der Waals surface area contributed by atoms with Gasteiger partial charge in [0.05, 0.1) is 19.6 Å². The predicted molar refractivity (Wildman–Crippen MR) is 47.7 cm³/mol. The van der Waals surface area contributed by atoms with Gasteiger partial charge in [0, 0.05) is 7.05 Å². The molecule has 0 aromatic carbocycles. The van der Waals surface area contributed by atoms with Crippen molar-refractivity contribution in [3.8, 4) is 0 Å². The van der Waals surface area contributed by atoms with Gasteiger partial charge in [0.15, 0.2) is 0 Å². The van der Waals surface area contributed by atoms with Gasteiger partial charge in [-0.3, -0.25) is 9.63 Å². The zero-order valence-corrected chi connectivity index (χ0v) is 8.36. The lowest BCUT2D eigenvalue weighted by Gasteiger charge is -2.16. The standard InChI is InChI=1S/C9H17NO3/c1-6-4-7(6)8(11)5-9(12)10(2)13-3/h6-8,11H,4-5H2,1-3H3/t6-,7-,8-/m1/s1. The molecule has 0 bridgehead atoms. The van der Waals surface area contributed by atoms with E-state index in [4.69, 9.17) is 4.84 Å². The molecule has 1 aliphatic rings. The van der Waals surface area contributed by atoms with Crippen LogP contribution >= 0.6 is 0 Å². The molecule has 0 aliphatic heterocycles. The number of aliphatic hydroxyl groups is 1. The molecule has 0 heterocycles. The van der Waals surface area contributed by atoms with Gasteiger partial charge in [0.25, 0.3) is 0 Å². The normalized spacial score (nSPS) is 28.3. The van der Waals surface area contributed by atoms with Crippen LogP contribution in [0.15, 0.2) is 0 Å². The molecule has 0 aromatic heterocycles. The Morgan fingerprint density at radius 3 is 2.69 bits per heavy atom. The number of hydrogen-bond donors (Lipinski definition) is 1. The highest BCUT2D eigenvalue weighted by molar-refractivity contribution is 5.75. The number of hydrogen-bond acceptors (Lipinski definition) is 3. The molecule has 1 rings (SSSR count). The summed E-state index contributed by atoms with van der Waals surface area (Å²) in [7, 11) is 2.98. The van der Waals surface area contributed by atoms with Crippen LogP contribution in [0.4, 0.5) is 0 Å². The van der Waals surface area contributed by atoms with Crippen molar-refractivity contribution in [1.82, 2.24) is 5.06 Å². The lowest BCUT2D eigenvalue weighted by Crippen LogP contribution is -2.29. The minimum Gasteiger partial charge on any atom is -0.392 e. The minimum atomic E-state index is -0.500. The van der Waals surface area contributed by atoms with Gasteiger partial charge in [0.2, 0.25) is 5.91 Å². The number of carbonyl (C=O) groups excluding carboxylic acids is 1. The number of carbonyl (C=O) groups is 1. The molecular weight excluding hydrogens is 170 g/mol. The third-order valence-corrected chi connectivity index (χ3v) is 2.67. The van der Waals surface area contributed by atoms with E-state index >= 15 is 0 Å². The largest absolute Gasteiger partial charge is 0.392 e. The lowest BCUT2D eigenvalue weighted by atomic mass is 10.1. The van der Waals surface area contributed by atoms with E-state index in [1.54, 1.807) is 7.05 Å². The van der Waals surface area contributed by atoms with E-state index < -0.39 is 6.10 Å². The van der Waals surface area contributed by atoms with E-state index in [2.05, 4.69) is 6.92 Å². The highest BCUT2D eigenvalue weighted by Crippen LogP contribution is 2.41. The Balaban J connectivity index is 2.27. The number of aliphatic hydroxyl groups excluding tert-OH is 1. The summed E-state index contributed by atoms with van der Waals surface area (Å²) in [6.45, 7) is 2.08. The van der Waals surface area contributed by atoms with Gasteiger partial charge in [-0.05, 0) is 18.3 Å². The van der Waals surface area contributed by atoms with Crippen molar-refractivity contribution in [3.63, 3.8) is 0 Å². The van der Waals surface area contributed by atoms with Crippen molar-refractivity contribution in [2.45, 2.75) is 25.9 Å². The van der Waals surface area contributed by atoms with Crippen LogP contribution in [0.25, 0.3) is 0 Å². The van der Waals surface area contributed by atoms with Crippen molar-refractivity contribution in [2.24, 2.45) is 11.8 Å². The summed E-state index contributed by atoms with van der Waals surface area (Å²) >= 11 is 0. The van der Waals surface area contributed by atoms with Gasteiger partial charge in [-0.25, -0.2) is 5.06 Å². The molecule has 1 fully saturated rings. The van der Waals surface area contributed by atoms with Crippen LogP contribution in [0.5, 0.6) is 0 Å².